The van der Waals surface area contributed by atoms with E-state index in [4.69, 9.17) is 27.9 Å². The van der Waals surface area contributed by atoms with Crippen molar-refractivity contribution in [2.75, 3.05) is 0 Å². The Morgan fingerprint density at radius 1 is 0.926 bits per heavy atom. The van der Waals surface area contributed by atoms with Gasteiger partial charge < -0.3 is 10.1 Å². The molecule has 0 unspecified atom stereocenters. The van der Waals surface area contributed by atoms with E-state index in [2.05, 4.69) is 5.32 Å². The molecule has 0 atom stereocenters. The van der Waals surface area contributed by atoms with Gasteiger partial charge in [-0.15, -0.1) is 0 Å². The molecule has 0 amide bonds. The molecular weight excluding hydrogens is 384 g/mol. The van der Waals surface area contributed by atoms with Crippen molar-refractivity contribution in [3.63, 3.8) is 0 Å². The lowest BCUT2D eigenvalue weighted by atomic mass is 9.96. The number of hydrogen-bond acceptors (Lipinski definition) is 2. The second-order valence-corrected chi connectivity index (χ2v) is 8.04. The highest BCUT2D eigenvalue weighted by Gasteiger charge is 2.13. The van der Waals surface area contributed by atoms with Crippen LogP contribution >= 0.6 is 23.2 Å². The number of benzene rings is 2. The average Bonchev–Trinajstić information content (AvgIpc) is 2.61. The molecule has 0 saturated heterocycles. The van der Waals surface area contributed by atoms with Gasteiger partial charge in [0.15, 0.2) is 0 Å². The van der Waals surface area contributed by atoms with Gasteiger partial charge in [-0.2, -0.15) is 0 Å². The zero-order chi connectivity index (χ0) is 19.1. The second-order valence-electron chi connectivity index (χ2n) is 7.20. The molecule has 3 rings (SSSR count). The van der Waals surface area contributed by atoms with Gasteiger partial charge in [0.05, 0.1) is 5.02 Å². The van der Waals surface area contributed by atoms with Crippen LogP contribution in [0.15, 0.2) is 36.4 Å². The summed E-state index contributed by atoms with van der Waals surface area (Å²) < 4.78 is 19.2. The minimum absolute atomic E-state index is 0.289. The van der Waals surface area contributed by atoms with E-state index < -0.39 is 0 Å². The van der Waals surface area contributed by atoms with Crippen molar-refractivity contribution in [3.05, 3.63) is 63.4 Å². The normalized spacial score (nSPS) is 16.0. The van der Waals surface area contributed by atoms with Crippen LogP contribution in [0, 0.1) is 5.82 Å². The molecule has 0 bridgehead atoms. The Hall–Kier alpha value is -1.29. The van der Waals surface area contributed by atoms with Gasteiger partial charge in [0.1, 0.15) is 18.2 Å². The maximum Gasteiger partial charge on any atom is 0.124 e. The van der Waals surface area contributed by atoms with E-state index in [0.717, 1.165) is 23.4 Å². The Morgan fingerprint density at radius 3 is 2.41 bits per heavy atom. The van der Waals surface area contributed by atoms with Gasteiger partial charge in [-0.05, 0) is 43.2 Å². The molecule has 27 heavy (non-hydrogen) atoms. The molecule has 1 saturated carbocycles. The molecule has 0 spiro atoms. The Kier molecular flexibility index (Phi) is 7.81. The molecule has 2 nitrogen and oxygen atoms in total. The first-order valence-electron chi connectivity index (χ1n) is 9.70. The van der Waals surface area contributed by atoms with Gasteiger partial charge in [-0.25, -0.2) is 4.39 Å². The molecule has 0 heterocycles. The van der Waals surface area contributed by atoms with Crippen molar-refractivity contribution < 1.29 is 9.13 Å². The van der Waals surface area contributed by atoms with Gasteiger partial charge in [0.2, 0.25) is 0 Å². The zero-order valence-corrected chi connectivity index (χ0v) is 17.0. The molecule has 0 aromatic heterocycles. The van der Waals surface area contributed by atoms with E-state index in [1.54, 1.807) is 6.07 Å². The molecule has 5 heteroatoms. The van der Waals surface area contributed by atoms with Crippen LogP contribution in [0.3, 0.4) is 0 Å². The molecule has 1 N–H and O–H groups in total. The average molecular weight is 410 g/mol. The predicted octanol–water partition coefficient (Wildman–Crippen LogP) is 6.91. The lowest BCUT2D eigenvalue weighted by Crippen LogP contribution is -2.29. The maximum absolute atomic E-state index is 13.2. The fraction of sp³-hybridized carbons (Fsp3) is 0.455. The lowest BCUT2D eigenvalue weighted by Gasteiger charge is -2.22. The Bertz CT molecular complexity index is 745. The first-order valence-corrected chi connectivity index (χ1v) is 10.5. The van der Waals surface area contributed by atoms with E-state index in [-0.39, 0.29) is 12.4 Å². The van der Waals surface area contributed by atoms with Gasteiger partial charge in [-0.1, -0.05) is 61.4 Å². The molecule has 0 aliphatic heterocycles. The summed E-state index contributed by atoms with van der Waals surface area (Å²) in [7, 11) is 0. The van der Waals surface area contributed by atoms with Crippen LogP contribution in [-0.2, 0) is 13.2 Å². The highest BCUT2D eigenvalue weighted by Crippen LogP contribution is 2.26. The SMILES string of the molecule is Fc1ccc(COc2ccc(Cl)cc2CNC2CCCCCCC2)c(Cl)c1. The summed E-state index contributed by atoms with van der Waals surface area (Å²) in [6.07, 6.45) is 9.07. The Morgan fingerprint density at radius 2 is 1.67 bits per heavy atom. The standard InChI is InChI=1S/C22H26Cl2FNO/c23-18-9-11-22(27-15-16-8-10-19(25)13-21(16)24)17(12-18)14-26-20-6-4-2-1-3-5-7-20/h8-13,20,26H,1-7,14-15H2. The van der Waals surface area contributed by atoms with Crippen molar-refractivity contribution in [1.29, 1.82) is 0 Å². The van der Waals surface area contributed by atoms with Crippen molar-refractivity contribution in [2.45, 2.75) is 64.1 Å². The molecule has 1 aliphatic carbocycles. The van der Waals surface area contributed by atoms with Gasteiger partial charge in [-0.3, -0.25) is 0 Å². The molecule has 146 valence electrons. The van der Waals surface area contributed by atoms with Crippen LogP contribution in [0.5, 0.6) is 5.75 Å². The molecular formula is C22H26Cl2FNO. The largest absolute Gasteiger partial charge is 0.489 e. The van der Waals surface area contributed by atoms with Crippen molar-refractivity contribution in [1.82, 2.24) is 5.32 Å². The number of halogens is 3. The lowest BCUT2D eigenvalue weighted by molar-refractivity contribution is 0.300. The van der Waals surface area contributed by atoms with Crippen molar-refractivity contribution in [2.24, 2.45) is 0 Å². The van der Waals surface area contributed by atoms with E-state index in [0.29, 0.717) is 16.1 Å². The zero-order valence-electron chi connectivity index (χ0n) is 15.4. The Labute approximate surface area is 171 Å². The highest BCUT2D eigenvalue weighted by molar-refractivity contribution is 6.31. The van der Waals surface area contributed by atoms with E-state index in [1.807, 2.05) is 18.2 Å². The summed E-state index contributed by atoms with van der Waals surface area (Å²) in [5.74, 6) is 0.428. The summed E-state index contributed by atoms with van der Waals surface area (Å²) in [5.41, 5.74) is 1.79. The van der Waals surface area contributed by atoms with E-state index in [1.165, 1.54) is 57.1 Å². The molecule has 1 aliphatic rings. The van der Waals surface area contributed by atoms with Gasteiger partial charge >= 0.3 is 0 Å². The van der Waals surface area contributed by atoms with E-state index in [9.17, 15) is 4.39 Å². The minimum Gasteiger partial charge on any atom is -0.489 e. The second kappa shape index (κ2) is 10.3. The third kappa shape index (κ3) is 6.38. The van der Waals surface area contributed by atoms with Crippen molar-refractivity contribution in [3.8, 4) is 5.75 Å². The van der Waals surface area contributed by atoms with Crippen molar-refractivity contribution >= 4 is 23.2 Å². The summed E-state index contributed by atoms with van der Waals surface area (Å²) in [5, 5.41) is 4.74. The van der Waals surface area contributed by atoms with Gasteiger partial charge in [0, 0.05) is 28.7 Å². The van der Waals surface area contributed by atoms with E-state index >= 15 is 0 Å². The number of hydrogen-bond donors (Lipinski definition) is 1. The molecule has 0 radical (unpaired) electrons. The third-order valence-electron chi connectivity index (χ3n) is 5.11. The predicted molar refractivity (Wildman–Crippen MR) is 110 cm³/mol. The van der Waals surface area contributed by atoms with Crippen LogP contribution < -0.4 is 10.1 Å². The summed E-state index contributed by atoms with van der Waals surface area (Å²) in [6, 6.07) is 10.5. The monoisotopic (exact) mass is 409 g/mol. The third-order valence-corrected chi connectivity index (χ3v) is 5.69. The van der Waals surface area contributed by atoms with Crippen LogP contribution in [0.1, 0.15) is 56.1 Å². The smallest absolute Gasteiger partial charge is 0.124 e. The summed E-state index contributed by atoms with van der Waals surface area (Å²) in [4.78, 5) is 0. The molecule has 2 aromatic carbocycles. The highest BCUT2D eigenvalue weighted by atomic mass is 35.5. The molecule has 2 aromatic rings. The number of rotatable bonds is 6. The quantitative estimate of drug-likeness (QED) is 0.559. The maximum atomic E-state index is 13.2. The van der Waals surface area contributed by atoms with Crippen LogP contribution in [0.4, 0.5) is 4.39 Å². The number of ether oxygens (including phenoxy) is 1. The fourth-order valence-corrected chi connectivity index (χ4v) is 3.95. The molecule has 1 fully saturated rings. The van der Waals surface area contributed by atoms with Crippen LogP contribution in [0.2, 0.25) is 10.0 Å². The summed E-state index contributed by atoms with van der Waals surface area (Å²) in [6.45, 7) is 1.01. The van der Waals surface area contributed by atoms with Crippen LogP contribution in [0.25, 0.3) is 0 Å². The van der Waals surface area contributed by atoms with Gasteiger partial charge in [0.25, 0.3) is 0 Å². The first-order chi connectivity index (χ1) is 13.1. The summed E-state index contributed by atoms with van der Waals surface area (Å²) >= 11 is 12.3. The minimum atomic E-state index is -0.348. The Balaban J connectivity index is 1.63. The topological polar surface area (TPSA) is 21.3 Å². The van der Waals surface area contributed by atoms with Crippen LogP contribution in [-0.4, -0.2) is 6.04 Å². The first kappa shape index (κ1) is 20.4. The fourth-order valence-electron chi connectivity index (χ4n) is 3.54. The number of nitrogens with one attached hydrogen (secondary N) is 1.